The number of allylic oxidation sites excluding steroid dienone is 3. The van der Waals surface area contributed by atoms with E-state index in [0.717, 1.165) is 23.1 Å². The molecule has 0 aromatic carbocycles. The van der Waals surface area contributed by atoms with E-state index >= 15 is 0 Å². The Morgan fingerprint density at radius 1 is 1.36 bits per heavy atom. The minimum atomic E-state index is 0.757. The van der Waals surface area contributed by atoms with Crippen LogP contribution in [0.25, 0.3) is 6.08 Å². The van der Waals surface area contributed by atoms with E-state index in [0.29, 0.717) is 0 Å². The SMILES string of the molecule is C/C=C\C=C/c1c(C)c(C=O)cn1C. The molecule has 0 spiro atoms. The van der Waals surface area contributed by atoms with Crippen LogP contribution >= 0.6 is 0 Å². The Bertz CT molecular complexity index is 383. The molecule has 0 aliphatic rings. The second-order valence-corrected chi connectivity index (χ2v) is 3.21. The molecule has 0 N–H and O–H groups in total. The summed E-state index contributed by atoms with van der Waals surface area (Å²) in [6.45, 7) is 3.93. The summed E-state index contributed by atoms with van der Waals surface area (Å²) >= 11 is 0. The molecule has 1 aromatic rings. The molecule has 1 rings (SSSR count). The summed E-state index contributed by atoms with van der Waals surface area (Å²) in [4.78, 5) is 10.7. The third-order valence-electron chi connectivity index (χ3n) is 2.21. The lowest BCUT2D eigenvalue weighted by molar-refractivity contribution is 0.112. The van der Waals surface area contributed by atoms with Crippen LogP contribution in [0.2, 0.25) is 0 Å². The van der Waals surface area contributed by atoms with Crippen molar-refractivity contribution in [2.75, 3.05) is 0 Å². The molecule has 0 aliphatic heterocycles. The number of aldehydes is 1. The number of hydrogen-bond acceptors (Lipinski definition) is 1. The number of carbonyl (C=O) groups is 1. The minimum absolute atomic E-state index is 0.757. The molecule has 1 aromatic heterocycles. The van der Waals surface area contributed by atoms with E-state index in [9.17, 15) is 4.79 Å². The predicted octanol–water partition coefficient (Wildman–Crippen LogP) is 2.74. The Hall–Kier alpha value is -1.57. The molecule has 74 valence electrons. The van der Waals surface area contributed by atoms with E-state index in [1.165, 1.54) is 0 Å². The highest BCUT2D eigenvalue weighted by atomic mass is 16.1. The monoisotopic (exact) mass is 189 g/mol. The molecule has 2 nitrogen and oxygen atoms in total. The summed E-state index contributed by atoms with van der Waals surface area (Å²) in [7, 11) is 1.94. The van der Waals surface area contributed by atoms with Crippen LogP contribution in [-0.2, 0) is 7.05 Å². The van der Waals surface area contributed by atoms with Crippen LogP contribution < -0.4 is 0 Å². The summed E-state index contributed by atoms with van der Waals surface area (Å²) in [5.74, 6) is 0. The Morgan fingerprint density at radius 2 is 2.07 bits per heavy atom. The summed E-state index contributed by atoms with van der Waals surface area (Å²) in [6.07, 6.45) is 10.6. The van der Waals surface area contributed by atoms with Gasteiger partial charge in [0.1, 0.15) is 0 Å². The average molecular weight is 189 g/mol. The van der Waals surface area contributed by atoms with E-state index in [2.05, 4.69) is 0 Å². The number of aryl methyl sites for hydroxylation is 1. The second kappa shape index (κ2) is 4.61. The summed E-state index contributed by atoms with van der Waals surface area (Å²) < 4.78 is 1.96. The maximum absolute atomic E-state index is 10.7. The lowest BCUT2D eigenvalue weighted by atomic mass is 10.2. The van der Waals surface area contributed by atoms with Gasteiger partial charge < -0.3 is 4.57 Å². The molecular formula is C12H15NO. The minimum Gasteiger partial charge on any atom is -0.350 e. The lowest BCUT2D eigenvalue weighted by Gasteiger charge is -1.96. The van der Waals surface area contributed by atoms with Crippen LogP contribution in [0.15, 0.2) is 24.4 Å². The quantitative estimate of drug-likeness (QED) is 0.529. The van der Waals surface area contributed by atoms with Crippen molar-refractivity contribution in [1.82, 2.24) is 4.57 Å². The molecular weight excluding hydrogens is 174 g/mol. The van der Waals surface area contributed by atoms with Crippen molar-refractivity contribution in [1.29, 1.82) is 0 Å². The Morgan fingerprint density at radius 3 is 2.57 bits per heavy atom. The Balaban J connectivity index is 3.08. The van der Waals surface area contributed by atoms with Gasteiger partial charge in [0.15, 0.2) is 6.29 Å². The van der Waals surface area contributed by atoms with E-state index in [-0.39, 0.29) is 0 Å². The van der Waals surface area contributed by atoms with Crippen LogP contribution in [0.5, 0.6) is 0 Å². The van der Waals surface area contributed by atoms with E-state index in [4.69, 9.17) is 0 Å². The Kier molecular flexibility index (Phi) is 3.46. The van der Waals surface area contributed by atoms with Crippen molar-refractivity contribution < 1.29 is 4.79 Å². The lowest BCUT2D eigenvalue weighted by Crippen LogP contribution is -1.88. The van der Waals surface area contributed by atoms with E-state index in [1.807, 2.05) is 56.0 Å². The van der Waals surface area contributed by atoms with Gasteiger partial charge in [-0.1, -0.05) is 18.2 Å². The summed E-state index contributed by atoms with van der Waals surface area (Å²) in [5, 5.41) is 0. The molecule has 0 saturated carbocycles. The third-order valence-corrected chi connectivity index (χ3v) is 2.21. The fourth-order valence-corrected chi connectivity index (χ4v) is 1.41. The van der Waals surface area contributed by atoms with Gasteiger partial charge in [0.2, 0.25) is 0 Å². The summed E-state index contributed by atoms with van der Waals surface area (Å²) in [6, 6.07) is 0. The zero-order valence-electron chi connectivity index (χ0n) is 8.82. The molecule has 0 radical (unpaired) electrons. The summed E-state index contributed by atoms with van der Waals surface area (Å²) in [5.41, 5.74) is 2.86. The number of rotatable bonds is 3. The van der Waals surface area contributed by atoms with Crippen molar-refractivity contribution in [3.05, 3.63) is 41.2 Å². The zero-order valence-corrected chi connectivity index (χ0v) is 8.82. The number of carbonyl (C=O) groups excluding carboxylic acids is 1. The van der Waals surface area contributed by atoms with Gasteiger partial charge in [-0.15, -0.1) is 0 Å². The highest BCUT2D eigenvalue weighted by molar-refractivity contribution is 5.79. The molecule has 14 heavy (non-hydrogen) atoms. The molecule has 0 aliphatic carbocycles. The molecule has 0 atom stereocenters. The van der Waals surface area contributed by atoms with Crippen molar-refractivity contribution in [2.24, 2.45) is 7.05 Å². The number of nitrogens with zero attached hydrogens (tertiary/aromatic N) is 1. The topological polar surface area (TPSA) is 22.0 Å². The largest absolute Gasteiger partial charge is 0.350 e. The molecule has 0 amide bonds. The van der Waals surface area contributed by atoms with Gasteiger partial charge in [-0.25, -0.2) is 0 Å². The van der Waals surface area contributed by atoms with Crippen LogP contribution in [-0.4, -0.2) is 10.9 Å². The normalized spacial score (nSPS) is 11.6. The van der Waals surface area contributed by atoms with Crippen molar-refractivity contribution >= 4 is 12.4 Å². The average Bonchev–Trinajstić information content (AvgIpc) is 2.45. The first-order chi connectivity index (χ1) is 6.70. The highest BCUT2D eigenvalue weighted by Crippen LogP contribution is 2.15. The number of aromatic nitrogens is 1. The first kappa shape index (κ1) is 10.5. The second-order valence-electron chi connectivity index (χ2n) is 3.21. The maximum Gasteiger partial charge on any atom is 0.151 e. The van der Waals surface area contributed by atoms with Gasteiger partial charge in [-0.3, -0.25) is 4.79 Å². The molecule has 0 saturated heterocycles. The van der Waals surface area contributed by atoms with Gasteiger partial charge in [-0.2, -0.15) is 0 Å². The molecule has 0 unspecified atom stereocenters. The van der Waals surface area contributed by atoms with Crippen LogP contribution in [0, 0.1) is 6.92 Å². The molecule has 1 heterocycles. The third kappa shape index (κ3) is 2.02. The van der Waals surface area contributed by atoms with Crippen molar-refractivity contribution in [3.8, 4) is 0 Å². The van der Waals surface area contributed by atoms with Crippen molar-refractivity contribution in [3.63, 3.8) is 0 Å². The van der Waals surface area contributed by atoms with Crippen molar-refractivity contribution in [2.45, 2.75) is 13.8 Å². The fraction of sp³-hybridized carbons (Fsp3) is 0.250. The highest BCUT2D eigenvalue weighted by Gasteiger charge is 2.05. The van der Waals surface area contributed by atoms with E-state index in [1.54, 1.807) is 0 Å². The van der Waals surface area contributed by atoms with Gasteiger partial charge in [0, 0.05) is 24.5 Å². The molecule has 2 heteroatoms. The smallest absolute Gasteiger partial charge is 0.151 e. The van der Waals surface area contributed by atoms with Crippen LogP contribution in [0.3, 0.4) is 0 Å². The number of hydrogen-bond donors (Lipinski definition) is 0. The van der Waals surface area contributed by atoms with E-state index < -0.39 is 0 Å². The van der Waals surface area contributed by atoms with Crippen LogP contribution in [0.1, 0.15) is 28.5 Å². The Labute approximate surface area is 84.6 Å². The van der Waals surface area contributed by atoms with Crippen LogP contribution in [0.4, 0.5) is 0 Å². The van der Waals surface area contributed by atoms with Gasteiger partial charge in [-0.05, 0) is 25.5 Å². The van der Waals surface area contributed by atoms with Gasteiger partial charge in [0.25, 0.3) is 0 Å². The van der Waals surface area contributed by atoms with Gasteiger partial charge in [0.05, 0.1) is 0 Å². The van der Waals surface area contributed by atoms with Gasteiger partial charge >= 0.3 is 0 Å². The first-order valence-electron chi connectivity index (χ1n) is 4.61. The molecule has 0 fully saturated rings. The first-order valence-corrected chi connectivity index (χ1v) is 4.61. The molecule has 0 bridgehead atoms. The maximum atomic E-state index is 10.7. The predicted molar refractivity (Wildman–Crippen MR) is 59.4 cm³/mol. The fourth-order valence-electron chi connectivity index (χ4n) is 1.41. The zero-order chi connectivity index (χ0) is 10.6. The standard InChI is InChI=1S/C12H15NO/c1-4-5-6-7-12-10(2)11(9-14)8-13(12)3/h4-9H,1-3H3/b5-4-,7-6-.